The van der Waals surface area contributed by atoms with Crippen molar-refractivity contribution < 1.29 is 39.5 Å². The molecule has 0 saturated carbocycles. The number of hydrogen-bond acceptors (Lipinski definition) is 9. The summed E-state index contributed by atoms with van der Waals surface area (Å²) in [5.41, 5.74) is 1.86. The van der Waals surface area contributed by atoms with E-state index in [0.717, 1.165) is 10.4 Å². The van der Waals surface area contributed by atoms with Crippen LogP contribution in [0.1, 0.15) is 22.2 Å². The summed E-state index contributed by atoms with van der Waals surface area (Å²) in [5.74, 6) is -0.244. The summed E-state index contributed by atoms with van der Waals surface area (Å²) in [4.78, 5) is 24.8. The van der Waals surface area contributed by atoms with Gasteiger partial charge in [-0.05, 0) is 42.3 Å². The smallest absolute Gasteiger partial charge is 0.263 e. The molecule has 1 aliphatic rings. The van der Waals surface area contributed by atoms with E-state index in [4.69, 9.17) is 9.47 Å². The van der Waals surface area contributed by atoms with Gasteiger partial charge in [0.15, 0.2) is 0 Å². The van der Waals surface area contributed by atoms with Crippen LogP contribution in [0.5, 0.6) is 5.75 Å². The monoisotopic (exact) mass is 466 g/mol. The summed E-state index contributed by atoms with van der Waals surface area (Å²) in [5, 5.41) is 44.5. The maximum atomic E-state index is 12.2. The summed E-state index contributed by atoms with van der Waals surface area (Å²) < 4.78 is 11.1. The molecule has 2 heterocycles. The summed E-state index contributed by atoms with van der Waals surface area (Å²) >= 11 is 1.22. The van der Waals surface area contributed by atoms with Crippen molar-refractivity contribution in [1.29, 1.82) is 0 Å². The number of aliphatic hydroxyl groups excluding tert-OH is 4. The SMILES string of the molecule is CNC(=O)c1sc(-c2ccc(OC3OC(CO)C(O)C(O)C3O)c(C)c2)cc1NC(C)=O. The lowest BCUT2D eigenvalue weighted by Crippen LogP contribution is -2.60. The molecule has 5 atom stereocenters. The largest absolute Gasteiger partial charge is 0.462 e. The number of aliphatic hydroxyl groups is 4. The minimum Gasteiger partial charge on any atom is -0.462 e. The maximum Gasteiger partial charge on any atom is 0.263 e. The molecule has 174 valence electrons. The maximum absolute atomic E-state index is 12.2. The van der Waals surface area contributed by atoms with Crippen molar-refractivity contribution in [1.82, 2.24) is 5.32 Å². The van der Waals surface area contributed by atoms with Gasteiger partial charge in [-0.1, -0.05) is 0 Å². The Morgan fingerprint density at radius 1 is 1.16 bits per heavy atom. The molecule has 10 nitrogen and oxygen atoms in total. The summed E-state index contributed by atoms with van der Waals surface area (Å²) in [6.07, 6.45) is -6.88. The van der Waals surface area contributed by atoms with Crippen LogP contribution in [0.4, 0.5) is 5.69 Å². The van der Waals surface area contributed by atoms with Gasteiger partial charge in [0.1, 0.15) is 35.0 Å². The third-order valence-corrected chi connectivity index (χ3v) is 6.21. The number of amides is 2. The van der Waals surface area contributed by atoms with E-state index in [2.05, 4.69) is 10.6 Å². The molecule has 1 aromatic heterocycles. The molecule has 3 rings (SSSR count). The van der Waals surface area contributed by atoms with Crippen molar-refractivity contribution >= 4 is 28.8 Å². The Morgan fingerprint density at radius 2 is 1.88 bits per heavy atom. The van der Waals surface area contributed by atoms with Gasteiger partial charge in [-0.25, -0.2) is 0 Å². The number of rotatable bonds is 6. The molecule has 1 fully saturated rings. The molecule has 11 heteroatoms. The van der Waals surface area contributed by atoms with Gasteiger partial charge in [0.25, 0.3) is 5.91 Å². The van der Waals surface area contributed by atoms with Crippen LogP contribution in [0.2, 0.25) is 0 Å². The molecule has 1 aliphatic heterocycles. The Labute approximate surface area is 188 Å². The number of nitrogens with one attached hydrogen (secondary N) is 2. The molecule has 0 bridgehead atoms. The average Bonchev–Trinajstić information content (AvgIpc) is 3.17. The molecule has 32 heavy (non-hydrogen) atoms. The zero-order chi connectivity index (χ0) is 23.6. The van der Waals surface area contributed by atoms with Gasteiger partial charge in [0, 0.05) is 18.8 Å². The first-order valence-corrected chi connectivity index (χ1v) is 10.7. The van der Waals surface area contributed by atoms with Crippen molar-refractivity contribution in [2.24, 2.45) is 0 Å². The standard InChI is InChI=1S/C21H26N2O8S/c1-9-6-11(15-7-12(23-10(2)25)19(32-15)20(29)22-3)4-5-13(9)30-21-18(28)17(27)16(26)14(8-24)31-21/h4-7,14,16-18,21,24,26-28H,8H2,1-3H3,(H,22,29)(H,23,25). The zero-order valence-electron chi connectivity index (χ0n) is 17.7. The van der Waals surface area contributed by atoms with Crippen LogP contribution >= 0.6 is 11.3 Å². The lowest BCUT2D eigenvalue weighted by molar-refractivity contribution is -0.277. The van der Waals surface area contributed by atoms with Gasteiger partial charge in [-0.3, -0.25) is 9.59 Å². The third-order valence-electron chi connectivity index (χ3n) is 5.03. The van der Waals surface area contributed by atoms with Crippen LogP contribution in [0.25, 0.3) is 10.4 Å². The van der Waals surface area contributed by atoms with Crippen molar-refractivity contribution in [2.45, 2.75) is 44.6 Å². The van der Waals surface area contributed by atoms with Crippen LogP contribution in [0.15, 0.2) is 24.3 Å². The van der Waals surface area contributed by atoms with Gasteiger partial charge in [-0.15, -0.1) is 11.3 Å². The molecular weight excluding hydrogens is 440 g/mol. The van der Waals surface area contributed by atoms with Gasteiger partial charge in [-0.2, -0.15) is 0 Å². The zero-order valence-corrected chi connectivity index (χ0v) is 18.5. The molecule has 0 aliphatic carbocycles. The topological polar surface area (TPSA) is 158 Å². The van der Waals surface area contributed by atoms with Gasteiger partial charge in [0.05, 0.1) is 12.3 Å². The van der Waals surface area contributed by atoms with Crippen molar-refractivity contribution in [3.8, 4) is 16.2 Å². The van der Waals surface area contributed by atoms with Crippen LogP contribution < -0.4 is 15.4 Å². The number of anilines is 1. The second-order valence-corrected chi connectivity index (χ2v) is 8.46. The fraction of sp³-hybridized carbons (Fsp3) is 0.429. The molecular formula is C21H26N2O8S. The molecule has 6 N–H and O–H groups in total. The van der Waals surface area contributed by atoms with E-state index in [0.29, 0.717) is 21.9 Å². The van der Waals surface area contributed by atoms with E-state index in [1.165, 1.54) is 25.3 Å². The summed E-state index contributed by atoms with van der Waals surface area (Å²) in [7, 11) is 1.51. The third kappa shape index (κ3) is 4.93. The predicted molar refractivity (Wildman–Crippen MR) is 117 cm³/mol. The van der Waals surface area contributed by atoms with Crippen molar-refractivity contribution in [2.75, 3.05) is 19.0 Å². The molecule has 2 amide bonds. The lowest BCUT2D eigenvalue weighted by Gasteiger charge is -2.39. The van der Waals surface area contributed by atoms with Crippen LogP contribution in [0, 0.1) is 6.92 Å². The van der Waals surface area contributed by atoms with E-state index in [1.807, 2.05) is 0 Å². The Hall–Kier alpha value is -2.54. The van der Waals surface area contributed by atoms with E-state index in [9.17, 15) is 30.0 Å². The highest BCUT2D eigenvalue weighted by Crippen LogP contribution is 2.37. The first-order chi connectivity index (χ1) is 15.2. The van der Waals surface area contributed by atoms with E-state index in [-0.39, 0.29) is 11.8 Å². The van der Waals surface area contributed by atoms with Crippen LogP contribution in [-0.2, 0) is 9.53 Å². The molecule has 5 unspecified atom stereocenters. The highest BCUT2D eigenvalue weighted by atomic mass is 32.1. The Bertz CT molecular complexity index is 992. The average molecular weight is 467 g/mol. The Kier molecular flexibility index (Phi) is 7.49. The quantitative estimate of drug-likeness (QED) is 0.353. The number of carbonyl (C=O) groups is 2. The van der Waals surface area contributed by atoms with Crippen molar-refractivity contribution in [3.05, 3.63) is 34.7 Å². The minimum absolute atomic E-state index is 0.293. The highest BCUT2D eigenvalue weighted by molar-refractivity contribution is 7.18. The van der Waals surface area contributed by atoms with Gasteiger partial charge in [0.2, 0.25) is 12.2 Å². The van der Waals surface area contributed by atoms with Crippen LogP contribution in [0.3, 0.4) is 0 Å². The summed E-state index contributed by atoms with van der Waals surface area (Å²) in [6.45, 7) is 2.58. The van der Waals surface area contributed by atoms with Gasteiger partial charge < -0.3 is 40.5 Å². The molecule has 2 aromatic rings. The van der Waals surface area contributed by atoms with Crippen LogP contribution in [-0.4, -0.2) is 76.6 Å². The second-order valence-electron chi connectivity index (χ2n) is 7.41. The van der Waals surface area contributed by atoms with E-state index < -0.39 is 37.3 Å². The molecule has 0 radical (unpaired) electrons. The highest BCUT2D eigenvalue weighted by Gasteiger charge is 2.44. The fourth-order valence-corrected chi connectivity index (χ4v) is 4.38. The number of carbonyl (C=O) groups excluding carboxylic acids is 2. The Morgan fingerprint density at radius 3 is 2.47 bits per heavy atom. The Balaban J connectivity index is 1.85. The minimum atomic E-state index is -1.54. The van der Waals surface area contributed by atoms with E-state index >= 15 is 0 Å². The van der Waals surface area contributed by atoms with Crippen molar-refractivity contribution in [3.63, 3.8) is 0 Å². The first kappa shape index (κ1) is 24.1. The first-order valence-electron chi connectivity index (χ1n) is 9.88. The van der Waals surface area contributed by atoms with Gasteiger partial charge >= 0.3 is 0 Å². The number of benzene rings is 1. The number of hydrogen-bond donors (Lipinski definition) is 6. The fourth-order valence-electron chi connectivity index (χ4n) is 3.32. The number of aryl methyl sites for hydroxylation is 1. The lowest BCUT2D eigenvalue weighted by atomic mass is 9.99. The summed E-state index contributed by atoms with van der Waals surface area (Å²) in [6, 6.07) is 6.90. The molecule has 1 aromatic carbocycles. The van der Waals surface area contributed by atoms with E-state index in [1.54, 1.807) is 31.2 Å². The molecule has 0 spiro atoms. The second kappa shape index (κ2) is 9.94. The normalized spacial score (nSPS) is 25.3. The number of ether oxygens (including phenoxy) is 2. The number of thiophene rings is 1. The molecule has 1 saturated heterocycles. The predicted octanol–water partition coefficient (Wildman–Crippen LogP) is 0.220.